The van der Waals surface area contributed by atoms with Gasteiger partial charge >= 0.3 is 0 Å². The molecular formula is C15H23ClNO2+. The third-order valence-corrected chi connectivity index (χ3v) is 3.62. The summed E-state index contributed by atoms with van der Waals surface area (Å²) in [5, 5.41) is 3.08. The molecule has 0 aromatic heterocycles. The number of hydrogen-bond donors (Lipinski definition) is 1. The summed E-state index contributed by atoms with van der Waals surface area (Å²) in [7, 11) is 0. The monoisotopic (exact) mass is 284 g/mol. The number of nitrogens with two attached hydrogens (primary N) is 1. The van der Waals surface area contributed by atoms with E-state index in [9.17, 15) is 0 Å². The first-order valence-electron chi connectivity index (χ1n) is 7.05. The quantitative estimate of drug-likeness (QED) is 0.832. The van der Waals surface area contributed by atoms with Gasteiger partial charge in [-0.15, -0.1) is 0 Å². The highest BCUT2D eigenvalue weighted by Crippen LogP contribution is 2.16. The van der Waals surface area contributed by atoms with Gasteiger partial charge in [-0.2, -0.15) is 0 Å². The number of benzene rings is 1. The molecule has 1 aromatic carbocycles. The van der Waals surface area contributed by atoms with Gasteiger partial charge in [0.05, 0.1) is 13.2 Å². The Balaban J connectivity index is 1.58. The molecule has 0 unspecified atom stereocenters. The zero-order valence-corrected chi connectivity index (χ0v) is 12.2. The van der Waals surface area contributed by atoms with Crippen molar-refractivity contribution in [3.63, 3.8) is 0 Å². The van der Waals surface area contributed by atoms with E-state index in [-0.39, 0.29) is 0 Å². The van der Waals surface area contributed by atoms with E-state index in [0.29, 0.717) is 12.0 Å². The largest absolute Gasteiger partial charge is 0.493 e. The summed E-state index contributed by atoms with van der Waals surface area (Å²) in [4.78, 5) is 0. The standard InChI is InChI=1S/C15H22ClNO2/c1-12(9-17-10-15-3-2-8-18-15)11-19-14-6-4-13(16)5-7-14/h4-7,12,15,17H,2-3,8-11H2,1H3/p+1/t12-,15-/m1/s1. The average Bonchev–Trinajstić information content (AvgIpc) is 2.91. The van der Waals surface area contributed by atoms with Crippen molar-refractivity contribution in [1.29, 1.82) is 0 Å². The minimum absolute atomic E-state index is 0.462. The Morgan fingerprint density at radius 3 is 2.89 bits per heavy atom. The fourth-order valence-corrected chi connectivity index (χ4v) is 2.36. The lowest BCUT2D eigenvalue weighted by Gasteiger charge is -2.13. The van der Waals surface area contributed by atoms with Gasteiger partial charge in [0, 0.05) is 17.5 Å². The highest BCUT2D eigenvalue weighted by atomic mass is 35.5. The molecule has 0 radical (unpaired) electrons. The van der Waals surface area contributed by atoms with Crippen molar-refractivity contribution in [2.45, 2.75) is 25.9 Å². The second-order valence-corrected chi connectivity index (χ2v) is 5.70. The second kappa shape index (κ2) is 7.73. The highest BCUT2D eigenvalue weighted by molar-refractivity contribution is 6.30. The van der Waals surface area contributed by atoms with Gasteiger partial charge in [-0.3, -0.25) is 0 Å². The summed E-state index contributed by atoms with van der Waals surface area (Å²) in [6, 6.07) is 7.52. The van der Waals surface area contributed by atoms with Crippen molar-refractivity contribution in [3.05, 3.63) is 29.3 Å². The Labute approximate surface area is 120 Å². The summed E-state index contributed by atoms with van der Waals surface area (Å²) >= 11 is 5.83. The second-order valence-electron chi connectivity index (χ2n) is 5.27. The Morgan fingerprint density at radius 2 is 2.21 bits per heavy atom. The first-order valence-corrected chi connectivity index (χ1v) is 7.43. The number of halogens is 1. The molecule has 1 aromatic rings. The minimum Gasteiger partial charge on any atom is -0.493 e. The molecule has 1 saturated heterocycles. The van der Waals surface area contributed by atoms with Crippen LogP contribution in [0, 0.1) is 5.92 Å². The molecule has 4 heteroatoms. The van der Waals surface area contributed by atoms with Crippen LogP contribution in [0.2, 0.25) is 5.02 Å². The third-order valence-electron chi connectivity index (χ3n) is 3.37. The van der Waals surface area contributed by atoms with E-state index >= 15 is 0 Å². The predicted octanol–water partition coefficient (Wildman–Crippen LogP) is 2.10. The van der Waals surface area contributed by atoms with Crippen LogP contribution in [0.1, 0.15) is 19.8 Å². The van der Waals surface area contributed by atoms with Crippen LogP contribution in [0.25, 0.3) is 0 Å². The van der Waals surface area contributed by atoms with E-state index in [2.05, 4.69) is 12.2 Å². The molecule has 106 valence electrons. The summed E-state index contributed by atoms with van der Waals surface area (Å²) < 4.78 is 11.3. The summed E-state index contributed by atoms with van der Waals surface area (Å²) in [5.41, 5.74) is 0. The molecule has 0 spiro atoms. The Morgan fingerprint density at radius 1 is 1.42 bits per heavy atom. The van der Waals surface area contributed by atoms with Crippen molar-refractivity contribution in [3.8, 4) is 5.75 Å². The molecule has 2 rings (SSSR count). The van der Waals surface area contributed by atoms with E-state index < -0.39 is 0 Å². The van der Waals surface area contributed by atoms with Gasteiger partial charge in [-0.25, -0.2) is 0 Å². The van der Waals surface area contributed by atoms with E-state index in [1.165, 1.54) is 12.8 Å². The van der Waals surface area contributed by atoms with E-state index in [4.69, 9.17) is 21.1 Å². The van der Waals surface area contributed by atoms with Crippen LogP contribution >= 0.6 is 11.6 Å². The van der Waals surface area contributed by atoms with Gasteiger partial charge in [-0.1, -0.05) is 18.5 Å². The van der Waals surface area contributed by atoms with Crippen molar-refractivity contribution in [1.82, 2.24) is 0 Å². The van der Waals surface area contributed by atoms with Crippen LogP contribution in [-0.4, -0.2) is 32.4 Å². The van der Waals surface area contributed by atoms with Crippen LogP contribution < -0.4 is 10.1 Å². The van der Waals surface area contributed by atoms with Crippen molar-refractivity contribution < 1.29 is 14.8 Å². The maximum Gasteiger partial charge on any atom is 0.119 e. The van der Waals surface area contributed by atoms with Crippen LogP contribution in [0.15, 0.2) is 24.3 Å². The summed E-state index contributed by atoms with van der Waals surface area (Å²) in [6.45, 7) is 6.04. The molecule has 3 nitrogen and oxygen atoms in total. The van der Waals surface area contributed by atoms with Crippen molar-refractivity contribution >= 4 is 11.6 Å². The molecule has 0 aliphatic carbocycles. The predicted molar refractivity (Wildman–Crippen MR) is 76.7 cm³/mol. The topological polar surface area (TPSA) is 35.1 Å². The van der Waals surface area contributed by atoms with Crippen molar-refractivity contribution in [2.24, 2.45) is 5.92 Å². The first kappa shape index (κ1) is 14.6. The average molecular weight is 285 g/mol. The van der Waals surface area contributed by atoms with E-state index in [0.717, 1.165) is 37.1 Å². The molecule has 1 fully saturated rings. The molecule has 1 aliphatic heterocycles. The number of quaternary nitrogens is 1. The lowest BCUT2D eigenvalue weighted by Crippen LogP contribution is -2.87. The first-order chi connectivity index (χ1) is 9.24. The zero-order chi connectivity index (χ0) is 13.5. The molecule has 0 saturated carbocycles. The highest BCUT2D eigenvalue weighted by Gasteiger charge is 2.17. The van der Waals surface area contributed by atoms with Gasteiger partial charge in [0.15, 0.2) is 0 Å². The molecule has 2 atom stereocenters. The van der Waals surface area contributed by atoms with Crippen LogP contribution in [-0.2, 0) is 4.74 Å². The molecule has 1 aliphatic rings. The molecule has 2 N–H and O–H groups in total. The van der Waals surface area contributed by atoms with Crippen molar-refractivity contribution in [2.75, 3.05) is 26.3 Å². The number of rotatable bonds is 7. The summed E-state index contributed by atoms with van der Waals surface area (Å²) in [6.07, 6.45) is 2.89. The Hall–Kier alpha value is -0.770. The fourth-order valence-electron chi connectivity index (χ4n) is 2.23. The third kappa shape index (κ3) is 5.39. The molecule has 19 heavy (non-hydrogen) atoms. The number of ether oxygens (including phenoxy) is 2. The fraction of sp³-hybridized carbons (Fsp3) is 0.600. The van der Waals surface area contributed by atoms with Gasteiger partial charge in [-0.05, 0) is 37.1 Å². The molecule has 1 heterocycles. The minimum atomic E-state index is 0.462. The lowest BCUT2D eigenvalue weighted by atomic mass is 10.2. The van der Waals surface area contributed by atoms with Crippen LogP contribution in [0.4, 0.5) is 0 Å². The number of hydrogen-bond acceptors (Lipinski definition) is 2. The maximum atomic E-state index is 5.83. The normalized spacial score (nSPS) is 20.4. The van der Waals surface area contributed by atoms with Gasteiger partial charge in [0.1, 0.15) is 18.4 Å². The van der Waals surface area contributed by atoms with Gasteiger partial charge in [0.2, 0.25) is 0 Å². The maximum absolute atomic E-state index is 5.83. The van der Waals surface area contributed by atoms with Gasteiger partial charge < -0.3 is 14.8 Å². The SMILES string of the molecule is C[C@H](C[NH2+]C[C@H]1CCCO1)COc1ccc(Cl)cc1. The Kier molecular flexibility index (Phi) is 5.95. The molecule has 0 amide bonds. The van der Waals surface area contributed by atoms with Crippen LogP contribution in [0.3, 0.4) is 0 Å². The van der Waals surface area contributed by atoms with Gasteiger partial charge in [0.25, 0.3) is 0 Å². The Bertz CT molecular complexity index is 363. The smallest absolute Gasteiger partial charge is 0.119 e. The summed E-state index contributed by atoms with van der Waals surface area (Å²) in [5.74, 6) is 1.41. The molecule has 0 bridgehead atoms. The lowest BCUT2D eigenvalue weighted by molar-refractivity contribution is -0.665. The molecular weight excluding hydrogens is 262 g/mol. The van der Waals surface area contributed by atoms with Crippen LogP contribution in [0.5, 0.6) is 5.75 Å². The zero-order valence-electron chi connectivity index (χ0n) is 11.5. The van der Waals surface area contributed by atoms with E-state index in [1.807, 2.05) is 24.3 Å². The van der Waals surface area contributed by atoms with E-state index in [1.54, 1.807) is 0 Å².